The van der Waals surface area contributed by atoms with E-state index in [9.17, 15) is 0 Å². The molecule has 1 aliphatic heterocycles. The number of pyridine rings is 2. The summed E-state index contributed by atoms with van der Waals surface area (Å²) < 4.78 is 0. The lowest BCUT2D eigenvalue weighted by molar-refractivity contribution is 0.421. The van der Waals surface area contributed by atoms with Crippen LogP contribution < -0.4 is 10.6 Å². The van der Waals surface area contributed by atoms with Crippen molar-refractivity contribution in [3.8, 4) is 11.4 Å². The highest BCUT2D eigenvalue weighted by Crippen LogP contribution is 2.46. The number of piperidine rings is 1. The van der Waals surface area contributed by atoms with E-state index in [-0.39, 0.29) is 0 Å². The lowest BCUT2D eigenvalue weighted by atomic mass is 9.79. The van der Waals surface area contributed by atoms with Crippen molar-refractivity contribution in [2.75, 3.05) is 18.4 Å². The van der Waals surface area contributed by atoms with Crippen LogP contribution >= 0.6 is 0 Å². The second-order valence-electron chi connectivity index (χ2n) is 10.1. The Labute approximate surface area is 196 Å². The number of aromatic amines is 1. The number of para-hydroxylation sites is 1. The van der Waals surface area contributed by atoms with Gasteiger partial charge in [0.1, 0.15) is 11.5 Å². The fraction of sp³-hybridized carbons (Fsp3) is 0.333. The number of nitrogens with one attached hydrogen (secondary N) is 3. The van der Waals surface area contributed by atoms with Crippen LogP contribution in [0, 0.1) is 11.8 Å². The first-order valence-corrected chi connectivity index (χ1v) is 12.3. The van der Waals surface area contributed by atoms with Crippen LogP contribution in [0.25, 0.3) is 44.2 Å². The second kappa shape index (κ2) is 6.96. The molecule has 168 valence electrons. The van der Waals surface area contributed by atoms with Crippen molar-refractivity contribution < 1.29 is 0 Å². The maximum Gasteiger partial charge on any atom is 0.163 e. The number of anilines is 1. The number of H-pyrrole nitrogens is 1. The second-order valence-corrected chi connectivity index (χ2v) is 10.1. The molecule has 4 aromatic heterocycles. The van der Waals surface area contributed by atoms with Gasteiger partial charge in [-0.2, -0.15) is 0 Å². The molecule has 3 aliphatic rings. The Hall–Kier alpha value is -3.58. The summed E-state index contributed by atoms with van der Waals surface area (Å²) in [4.78, 5) is 22.9. The van der Waals surface area contributed by atoms with Gasteiger partial charge in [0.2, 0.25) is 0 Å². The first kappa shape index (κ1) is 18.8. The fourth-order valence-electron chi connectivity index (χ4n) is 6.11. The molecule has 3 atom stereocenters. The molecule has 7 nitrogen and oxygen atoms in total. The van der Waals surface area contributed by atoms with Gasteiger partial charge in [0.05, 0.1) is 11.7 Å². The summed E-state index contributed by atoms with van der Waals surface area (Å²) in [5, 5.41) is 10.7. The molecule has 1 saturated heterocycles. The number of benzene rings is 1. The summed E-state index contributed by atoms with van der Waals surface area (Å²) in [6, 6.07) is 10.8. The summed E-state index contributed by atoms with van der Waals surface area (Å²) >= 11 is 0. The van der Waals surface area contributed by atoms with Gasteiger partial charge in [-0.05, 0) is 48.3 Å². The van der Waals surface area contributed by atoms with Crippen molar-refractivity contribution in [2.24, 2.45) is 11.8 Å². The molecule has 0 amide bonds. The number of fused-ring (bicyclic) bond motifs is 5. The van der Waals surface area contributed by atoms with Crippen molar-refractivity contribution in [3.05, 3.63) is 54.5 Å². The molecule has 5 heterocycles. The zero-order valence-electron chi connectivity index (χ0n) is 18.8. The van der Waals surface area contributed by atoms with Gasteiger partial charge in [-0.3, -0.25) is 4.98 Å². The maximum atomic E-state index is 5.20. The smallest absolute Gasteiger partial charge is 0.163 e. The van der Waals surface area contributed by atoms with E-state index < -0.39 is 0 Å². The van der Waals surface area contributed by atoms with Gasteiger partial charge in [0.15, 0.2) is 5.82 Å². The lowest BCUT2D eigenvalue weighted by Gasteiger charge is -2.27. The minimum Gasteiger partial charge on any atom is -0.366 e. The summed E-state index contributed by atoms with van der Waals surface area (Å²) in [6.07, 6.45) is 9.52. The Kier molecular flexibility index (Phi) is 3.85. The highest BCUT2D eigenvalue weighted by atomic mass is 15.1. The van der Waals surface area contributed by atoms with E-state index >= 15 is 0 Å². The Balaban J connectivity index is 1.35. The van der Waals surface area contributed by atoms with Crippen LogP contribution in [-0.4, -0.2) is 44.1 Å². The summed E-state index contributed by atoms with van der Waals surface area (Å²) in [7, 11) is 0. The summed E-state index contributed by atoms with van der Waals surface area (Å²) in [5.41, 5.74) is 5.16. The van der Waals surface area contributed by atoms with Gasteiger partial charge < -0.3 is 15.6 Å². The summed E-state index contributed by atoms with van der Waals surface area (Å²) in [6.45, 7) is 2.19. The van der Waals surface area contributed by atoms with Crippen molar-refractivity contribution >= 4 is 38.7 Å². The van der Waals surface area contributed by atoms with Gasteiger partial charge in [-0.15, -0.1) is 0 Å². The van der Waals surface area contributed by atoms with Gasteiger partial charge >= 0.3 is 0 Å². The normalized spacial score (nSPS) is 23.9. The van der Waals surface area contributed by atoms with E-state index in [0.717, 1.165) is 63.1 Å². The number of aromatic nitrogens is 5. The van der Waals surface area contributed by atoms with Crippen molar-refractivity contribution in [1.82, 2.24) is 30.2 Å². The van der Waals surface area contributed by atoms with Gasteiger partial charge in [0.25, 0.3) is 0 Å². The van der Waals surface area contributed by atoms with Crippen molar-refractivity contribution in [3.63, 3.8) is 0 Å². The van der Waals surface area contributed by atoms with Crippen LogP contribution in [0.5, 0.6) is 0 Å². The number of hydrogen-bond acceptors (Lipinski definition) is 6. The van der Waals surface area contributed by atoms with E-state index in [1.165, 1.54) is 24.8 Å². The minimum atomic E-state index is 0.486. The largest absolute Gasteiger partial charge is 0.366 e. The SMILES string of the molecule is c1ccc2c(c1)[nH]c1nccc(-c3nc(N[C@H]4[C@@H]5CNC[C@@H]54)c4c(C5CCC5)cncc4n3)c12. The van der Waals surface area contributed by atoms with Crippen molar-refractivity contribution in [1.29, 1.82) is 0 Å². The standard InChI is InChI=1S/C27H25N7/c1-2-7-20-15(6-1)22-16(8-9-30-26(22)31-20)25-32-21-13-29-10-17(14-4-3-5-14)23(21)27(34-25)33-24-18-11-28-12-19(18)24/h1-2,6-10,13-14,18-19,24,28H,3-5,11-12H2,(H,30,31)(H,32,33,34)/t18-,19+,24+. The first-order valence-electron chi connectivity index (χ1n) is 12.3. The summed E-state index contributed by atoms with van der Waals surface area (Å²) in [5.74, 6) is 3.65. The van der Waals surface area contributed by atoms with Gasteiger partial charge in [-0.25, -0.2) is 15.0 Å². The van der Waals surface area contributed by atoms with Crippen LogP contribution in [0.2, 0.25) is 0 Å². The molecule has 2 aliphatic carbocycles. The molecule has 0 spiro atoms. The molecular formula is C27H25N7. The van der Waals surface area contributed by atoms with Crippen LogP contribution in [0.4, 0.5) is 5.82 Å². The van der Waals surface area contributed by atoms with E-state index in [4.69, 9.17) is 9.97 Å². The van der Waals surface area contributed by atoms with E-state index in [1.54, 1.807) is 0 Å². The van der Waals surface area contributed by atoms with Crippen LogP contribution in [-0.2, 0) is 0 Å². The van der Waals surface area contributed by atoms with Crippen LogP contribution in [0.3, 0.4) is 0 Å². The van der Waals surface area contributed by atoms with Gasteiger partial charge in [0, 0.05) is 58.8 Å². The van der Waals surface area contributed by atoms with E-state index in [2.05, 4.69) is 43.8 Å². The molecule has 3 N–H and O–H groups in total. The molecule has 3 fully saturated rings. The number of hydrogen-bond donors (Lipinski definition) is 3. The predicted molar refractivity (Wildman–Crippen MR) is 134 cm³/mol. The monoisotopic (exact) mass is 447 g/mol. The Morgan fingerprint density at radius 2 is 1.82 bits per heavy atom. The van der Waals surface area contributed by atoms with Crippen LogP contribution in [0.15, 0.2) is 48.9 Å². The quantitative estimate of drug-likeness (QED) is 0.372. The molecule has 34 heavy (non-hydrogen) atoms. The topological polar surface area (TPSA) is 91.4 Å². The molecule has 0 radical (unpaired) electrons. The third-order valence-corrected chi connectivity index (χ3v) is 8.22. The molecule has 7 heteroatoms. The minimum absolute atomic E-state index is 0.486. The highest BCUT2D eigenvalue weighted by molar-refractivity contribution is 6.12. The molecule has 0 unspecified atom stereocenters. The predicted octanol–water partition coefficient (Wildman–Crippen LogP) is 4.62. The average Bonchev–Trinajstić information content (AvgIpc) is 3.16. The average molecular weight is 448 g/mol. The van der Waals surface area contributed by atoms with E-state index in [0.29, 0.717) is 23.8 Å². The zero-order valence-corrected chi connectivity index (χ0v) is 18.8. The number of rotatable bonds is 4. The van der Waals surface area contributed by atoms with E-state index in [1.807, 2.05) is 30.7 Å². The molecule has 1 aromatic carbocycles. The number of nitrogens with zero attached hydrogens (tertiary/aromatic N) is 4. The Morgan fingerprint density at radius 3 is 2.68 bits per heavy atom. The lowest BCUT2D eigenvalue weighted by Crippen LogP contribution is -2.22. The molecular weight excluding hydrogens is 422 g/mol. The Bertz CT molecular complexity index is 1570. The maximum absolute atomic E-state index is 5.20. The van der Waals surface area contributed by atoms with Gasteiger partial charge in [-0.1, -0.05) is 24.6 Å². The Morgan fingerprint density at radius 1 is 0.941 bits per heavy atom. The fourth-order valence-corrected chi connectivity index (χ4v) is 6.11. The first-order chi connectivity index (χ1) is 16.8. The molecule has 5 aromatic rings. The third-order valence-electron chi connectivity index (χ3n) is 8.22. The van der Waals surface area contributed by atoms with Crippen LogP contribution in [0.1, 0.15) is 30.7 Å². The van der Waals surface area contributed by atoms with Crippen molar-refractivity contribution in [2.45, 2.75) is 31.2 Å². The molecule has 0 bridgehead atoms. The molecule has 8 rings (SSSR count). The molecule has 2 saturated carbocycles. The highest BCUT2D eigenvalue weighted by Gasteiger charge is 2.53. The third kappa shape index (κ3) is 2.67. The zero-order chi connectivity index (χ0) is 22.2.